The van der Waals surface area contributed by atoms with E-state index in [4.69, 9.17) is 0 Å². The van der Waals surface area contributed by atoms with E-state index in [-0.39, 0.29) is 0 Å². The summed E-state index contributed by atoms with van der Waals surface area (Å²) < 4.78 is 111. The average Bonchev–Trinajstić information content (AvgIpc) is 2.45. The molecule has 0 saturated carbocycles. The van der Waals surface area contributed by atoms with Crippen molar-refractivity contribution in [2.45, 2.75) is 50.7 Å². The van der Waals surface area contributed by atoms with Crippen molar-refractivity contribution < 1.29 is 47.7 Å². The highest BCUT2D eigenvalue weighted by atomic mass is 32.3. The zero-order valence-electron chi connectivity index (χ0n) is 14.2. The topological polar surface area (TPSA) is 86.3 Å². The number of hydrogen-bond donors (Lipinski definition) is 0. The molecule has 0 bridgehead atoms. The molecule has 0 aliphatic carbocycles. The van der Waals surface area contributed by atoms with Crippen molar-refractivity contribution in [3.8, 4) is 0 Å². The van der Waals surface area contributed by atoms with Crippen LogP contribution in [0.3, 0.4) is 0 Å². The summed E-state index contributed by atoms with van der Waals surface area (Å²) in [5.74, 6) is 0. The van der Waals surface area contributed by atoms with Gasteiger partial charge in [0.25, 0.3) is 0 Å². The molecule has 0 saturated heterocycles. The van der Waals surface area contributed by atoms with E-state index in [9.17, 15) is 43.2 Å². The van der Waals surface area contributed by atoms with Crippen LogP contribution in [0, 0.1) is 6.92 Å². The van der Waals surface area contributed by atoms with Crippen molar-refractivity contribution in [2.75, 3.05) is 0 Å². The van der Waals surface area contributed by atoms with E-state index in [0.29, 0.717) is 0 Å². The lowest BCUT2D eigenvalue weighted by Gasteiger charge is -2.22. The van der Waals surface area contributed by atoms with Crippen LogP contribution in [0.25, 0.3) is 4.13 Å². The number of pyridine rings is 1. The molecule has 1 heterocycles. The third-order valence-corrected chi connectivity index (χ3v) is 5.55. The van der Waals surface area contributed by atoms with Crippen molar-refractivity contribution >= 4 is 20.0 Å². The van der Waals surface area contributed by atoms with Gasteiger partial charge >= 0.3 is 11.0 Å². The molecule has 14 heteroatoms. The lowest BCUT2D eigenvalue weighted by atomic mass is 10.2. The third-order valence-electron chi connectivity index (χ3n) is 2.81. The molecule has 6 nitrogen and oxygen atoms in total. The number of sulfonamides is 2. The van der Waals surface area contributed by atoms with E-state index in [1.54, 1.807) is 0 Å². The lowest BCUT2D eigenvalue weighted by Crippen LogP contribution is -2.32. The standard InChI is InChI=1S/C11H18N.C2F6NO4S2/c1-3-4-5-8-12-9-6-7-11(2)10-12;3-1(4,5)14(10,11)9-15(12,13)2(6,7)8/h6-7,9-10H,3-5,8H2,1-2H3;/q+1;-1. The molecule has 1 aromatic heterocycles. The minimum absolute atomic E-state index is 0.778. The second kappa shape index (κ2) is 9.68. The van der Waals surface area contributed by atoms with Gasteiger partial charge in [-0.15, -0.1) is 0 Å². The molecule has 1 rings (SSSR count). The Balaban J connectivity index is 0.000000511. The zero-order valence-corrected chi connectivity index (χ0v) is 15.9. The number of hydrogen-bond acceptors (Lipinski definition) is 4. The Hall–Kier alpha value is -1.41. The smallest absolute Gasteiger partial charge is 0.421 e. The second-order valence-corrected chi connectivity index (χ2v) is 8.66. The number of nitrogens with zero attached hydrogens (tertiary/aromatic N) is 2. The van der Waals surface area contributed by atoms with Crippen LogP contribution in [0.5, 0.6) is 0 Å². The first-order valence-corrected chi connectivity index (χ1v) is 10.2. The molecule has 27 heavy (non-hydrogen) atoms. The number of alkyl halides is 6. The first-order valence-electron chi connectivity index (χ1n) is 7.36. The van der Waals surface area contributed by atoms with Crippen molar-refractivity contribution in [3.63, 3.8) is 0 Å². The normalized spacial score (nSPS) is 13.0. The zero-order chi connectivity index (χ0) is 21.5. The largest absolute Gasteiger partial charge is 0.480 e. The van der Waals surface area contributed by atoms with Crippen molar-refractivity contribution in [3.05, 3.63) is 34.2 Å². The van der Waals surface area contributed by atoms with Crippen LogP contribution < -0.4 is 4.57 Å². The summed E-state index contributed by atoms with van der Waals surface area (Å²) in [5.41, 5.74) is -11.1. The molecule has 0 aliphatic rings. The second-order valence-electron chi connectivity index (χ2n) is 5.24. The van der Waals surface area contributed by atoms with E-state index in [0.717, 1.165) is 10.7 Å². The Labute approximate surface area is 153 Å². The Kier molecular flexibility index (Phi) is 9.18. The highest BCUT2D eigenvalue weighted by Gasteiger charge is 2.46. The molecule has 0 radical (unpaired) electrons. The van der Waals surface area contributed by atoms with Gasteiger partial charge in [0.05, 0.1) is 0 Å². The van der Waals surface area contributed by atoms with Crippen LogP contribution in [0.15, 0.2) is 24.5 Å². The predicted molar refractivity (Wildman–Crippen MR) is 84.2 cm³/mol. The summed E-state index contributed by atoms with van der Waals surface area (Å²) >= 11 is 0. The van der Waals surface area contributed by atoms with Crippen LogP contribution >= 0.6 is 0 Å². The number of aryl methyl sites for hydroxylation is 2. The van der Waals surface area contributed by atoms with Gasteiger partial charge in [-0.25, -0.2) is 21.4 Å². The van der Waals surface area contributed by atoms with E-state index >= 15 is 0 Å². The average molecular weight is 444 g/mol. The van der Waals surface area contributed by atoms with E-state index in [2.05, 4.69) is 42.9 Å². The summed E-state index contributed by atoms with van der Waals surface area (Å²) in [5, 5.41) is 0. The number of aromatic nitrogens is 1. The Morgan fingerprint density at radius 3 is 1.81 bits per heavy atom. The summed E-state index contributed by atoms with van der Waals surface area (Å²) in [6, 6.07) is 4.25. The minimum Gasteiger partial charge on any atom is -0.421 e. The van der Waals surface area contributed by atoms with Crippen LogP contribution in [-0.2, 0) is 26.6 Å². The van der Waals surface area contributed by atoms with E-state index in [1.807, 2.05) is 0 Å². The fourth-order valence-corrected chi connectivity index (χ4v) is 3.26. The molecule has 0 amide bonds. The van der Waals surface area contributed by atoms with Crippen LogP contribution in [-0.4, -0.2) is 27.9 Å². The molecular formula is C13H18F6N2O4S2. The first-order chi connectivity index (χ1) is 12.0. The molecule has 0 N–H and O–H groups in total. The lowest BCUT2D eigenvalue weighted by molar-refractivity contribution is -0.697. The Bertz CT molecular complexity index is 763. The molecule has 1 aromatic rings. The number of halogens is 6. The quantitative estimate of drug-likeness (QED) is 0.382. The van der Waals surface area contributed by atoms with Gasteiger partial charge in [-0.05, 0) is 19.4 Å². The maximum atomic E-state index is 11.4. The molecule has 0 fully saturated rings. The highest BCUT2D eigenvalue weighted by Crippen LogP contribution is 2.36. The van der Waals surface area contributed by atoms with Crippen LogP contribution in [0.1, 0.15) is 31.7 Å². The molecule has 0 spiro atoms. The highest BCUT2D eigenvalue weighted by molar-refractivity contribution is 8.13. The van der Waals surface area contributed by atoms with E-state index < -0.39 is 31.1 Å². The summed E-state index contributed by atoms with van der Waals surface area (Å²) in [6.07, 6.45) is 8.27. The van der Waals surface area contributed by atoms with Crippen molar-refractivity contribution in [1.29, 1.82) is 0 Å². The fraction of sp³-hybridized carbons (Fsp3) is 0.615. The molecule has 0 unspecified atom stereocenters. The summed E-state index contributed by atoms with van der Waals surface area (Å²) in [7, 11) is -13.4. The van der Waals surface area contributed by atoms with Gasteiger partial charge in [0.15, 0.2) is 32.4 Å². The predicted octanol–water partition coefficient (Wildman–Crippen LogP) is 3.53. The SMILES string of the molecule is CCCCC[n+]1cccc(C)c1.O=S(=O)([N-]S(=O)(=O)C(F)(F)F)C(F)(F)F. The third kappa shape index (κ3) is 8.88. The van der Waals surface area contributed by atoms with Crippen LogP contribution in [0.2, 0.25) is 0 Å². The number of rotatable bonds is 6. The van der Waals surface area contributed by atoms with Gasteiger partial charge in [0, 0.05) is 18.1 Å². The molecule has 0 aromatic carbocycles. The van der Waals surface area contributed by atoms with Gasteiger partial charge in [0.2, 0.25) is 0 Å². The fourth-order valence-electron chi connectivity index (χ4n) is 1.55. The monoisotopic (exact) mass is 444 g/mol. The summed E-state index contributed by atoms with van der Waals surface area (Å²) in [4.78, 5) is 0. The minimum atomic E-state index is -6.72. The number of unbranched alkanes of at least 4 members (excludes halogenated alkanes) is 2. The van der Waals surface area contributed by atoms with Gasteiger partial charge < -0.3 is 4.13 Å². The summed E-state index contributed by atoms with van der Waals surface area (Å²) in [6.45, 7) is 5.53. The Morgan fingerprint density at radius 1 is 0.963 bits per heavy atom. The van der Waals surface area contributed by atoms with Gasteiger partial charge in [-0.1, -0.05) is 13.3 Å². The van der Waals surface area contributed by atoms with Gasteiger partial charge in [0.1, 0.15) is 6.54 Å². The molecule has 0 aliphatic heterocycles. The maximum absolute atomic E-state index is 11.4. The molecule has 0 atom stereocenters. The van der Waals surface area contributed by atoms with Crippen molar-refractivity contribution in [1.82, 2.24) is 0 Å². The van der Waals surface area contributed by atoms with Gasteiger partial charge in [-0.2, -0.15) is 26.3 Å². The van der Waals surface area contributed by atoms with Gasteiger partial charge in [-0.3, -0.25) is 0 Å². The maximum Gasteiger partial charge on any atom is 0.480 e. The first kappa shape index (κ1) is 25.6. The van der Waals surface area contributed by atoms with Crippen molar-refractivity contribution in [2.24, 2.45) is 0 Å². The van der Waals surface area contributed by atoms with Crippen LogP contribution in [0.4, 0.5) is 26.3 Å². The molecule has 158 valence electrons. The molecular weight excluding hydrogens is 426 g/mol. The van der Waals surface area contributed by atoms with E-state index in [1.165, 1.54) is 24.8 Å². The Morgan fingerprint density at radius 2 is 1.44 bits per heavy atom.